The number of hydrogen-bond acceptors (Lipinski definition) is 4. The van der Waals surface area contributed by atoms with Crippen molar-refractivity contribution in [3.05, 3.63) is 58.9 Å². The molecule has 24 heavy (non-hydrogen) atoms. The predicted molar refractivity (Wildman–Crippen MR) is 87.0 cm³/mol. The van der Waals surface area contributed by atoms with Crippen LogP contribution in [0.1, 0.15) is 40.4 Å². The monoisotopic (exact) mass is 322 g/mol. The van der Waals surface area contributed by atoms with Crippen LogP contribution in [-0.4, -0.2) is 44.9 Å². The summed E-state index contributed by atoms with van der Waals surface area (Å²) in [6.45, 7) is 4.89. The van der Waals surface area contributed by atoms with E-state index in [1.165, 1.54) is 6.20 Å². The van der Waals surface area contributed by atoms with E-state index in [9.17, 15) is 9.59 Å². The van der Waals surface area contributed by atoms with Gasteiger partial charge in [-0.25, -0.2) is 0 Å². The van der Waals surface area contributed by atoms with E-state index in [1.54, 1.807) is 11.1 Å². The molecular weight excluding hydrogens is 304 g/mol. The lowest BCUT2D eigenvalue weighted by molar-refractivity contribution is -0.136. The van der Waals surface area contributed by atoms with Gasteiger partial charge in [0.15, 0.2) is 5.66 Å². The van der Waals surface area contributed by atoms with Gasteiger partial charge in [0, 0.05) is 30.6 Å². The van der Waals surface area contributed by atoms with Crippen molar-refractivity contribution in [2.24, 2.45) is 0 Å². The molecule has 0 N–H and O–H groups in total. The van der Waals surface area contributed by atoms with Crippen LogP contribution in [0.2, 0.25) is 0 Å². The topological polar surface area (TPSA) is 66.4 Å². The Morgan fingerprint density at radius 2 is 1.88 bits per heavy atom. The second kappa shape index (κ2) is 5.12. The van der Waals surface area contributed by atoms with Gasteiger partial charge in [-0.2, -0.15) is 10.2 Å². The van der Waals surface area contributed by atoms with Gasteiger partial charge in [-0.3, -0.25) is 9.59 Å². The number of hydrogen-bond donors (Lipinski definition) is 0. The summed E-state index contributed by atoms with van der Waals surface area (Å²) >= 11 is 0. The fraction of sp³-hybridized carbons (Fsp3) is 0.333. The lowest BCUT2D eigenvalue weighted by Crippen LogP contribution is -2.51. The van der Waals surface area contributed by atoms with Gasteiger partial charge in [0.2, 0.25) is 5.91 Å². The third kappa shape index (κ3) is 1.71. The third-order valence-electron chi connectivity index (χ3n) is 4.97. The Hall–Kier alpha value is -2.76. The summed E-state index contributed by atoms with van der Waals surface area (Å²) in [6.07, 6.45) is 3.51. The van der Waals surface area contributed by atoms with Crippen LogP contribution in [0.25, 0.3) is 0 Å². The Bertz CT molecular complexity index is 833. The van der Waals surface area contributed by atoms with Gasteiger partial charge in [-0.1, -0.05) is 36.8 Å². The Morgan fingerprint density at radius 3 is 2.58 bits per heavy atom. The number of aryl methyl sites for hydroxylation is 1. The number of fused-ring (bicyclic) bond motifs is 3. The molecule has 1 atom stereocenters. The molecule has 3 heterocycles. The zero-order valence-corrected chi connectivity index (χ0v) is 13.7. The van der Waals surface area contributed by atoms with E-state index in [-0.39, 0.29) is 11.8 Å². The molecule has 1 unspecified atom stereocenters. The van der Waals surface area contributed by atoms with Gasteiger partial charge in [0.05, 0.1) is 18.0 Å². The van der Waals surface area contributed by atoms with Crippen molar-refractivity contribution >= 4 is 11.8 Å². The lowest BCUT2D eigenvalue weighted by atomic mass is 9.90. The summed E-state index contributed by atoms with van der Waals surface area (Å²) in [5.74, 6) is -0.0672. The molecule has 1 fully saturated rings. The average Bonchev–Trinajstić information content (AvgIpc) is 3.11. The first-order valence-corrected chi connectivity index (χ1v) is 8.11. The summed E-state index contributed by atoms with van der Waals surface area (Å²) < 4.78 is 0. The van der Waals surface area contributed by atoms with Crippen molar-refractivity contribution in [1.29, 1.82) is 0 Å². The van der Waals surface area contributed by atoms with Gasteiger partial charge in [-0.15, -0.1) is 0 Å². The molecule has 6 heteroatoms. The van der Waals surface area contributed by atoms with E-state index in [4.69, 9.17) is 0 Å². The second-order valence-corrected chi connectivity index (χ2v) is 6.21. The largest absolute Gasteiger partial charge is 0.310 e. The summed E-state index contributed by atoms with van der Waals surface area (Å²) in [5.41, 5.74) is 2.41. The van der Waals surface area contributed by atoms with Crippen molar-refractivity contribution in [2.75, 3.05) is 13.1 Å². The standard InChI is InChI=1S/C18H18N4O2/c1-3-16(23)21-8-9-22-17(24)14-10-19-20-11-15(14)18(21,22)13-6-4-12(2)5-7-13/h4-7,10-11H,3,8-9H2,1-2H3. The normalized spacial score (nSPS) is 21.8. The fourth-order valence-electron chi connectivity index (χ4n) is 3.87. The van der Waals surface area contributed by atoms with Gasteiger partial charge in [0.1, 0.15) is 0 Å². The van der Waals surface area contributed by atoms with E-state index in [0.29, 0.717) is 25.1 Å². The predicted octanol–water partition coefficient (Wildman–Crippen LogP) is 1.69. The number of carbonyl (C=O) groups is 2. The summed E-state index contributed by atoms with van der Waals surface area (Å²) in [7, 11) is 0. The highest BCUT2D eigenvalue weighted by atomic mass is 16.2. The Kier molecular flexibility index (Phi) is 3.16. The molecule has 2 aromatic rings. The number of amides is 2. The molecule has 2 aliphatic heterocycles. The molecule has 6 nitrogen and oxygen atoms in total. The van der Waals surface area contributed by atoms with Gasteiger partial charge in [0.25, 0.3) is 5.91 Å². The van der Waals surface area contributed by atoms with E-state index >= 15 is 0 Å². The van der Waals surface area contributed by atoms with E-state index in [0.717, 1.165) is 16.7 Å². The van der Waals surface area contributed by atoms with Crippen molar-refractivity contribution in [3.8, 4) is 0 Å². The zero-order valence-electron chi connectivity index (χ0n) is 13.7. The second-order valence-electron chi connectivity index (χ2n) is 6.21. The van der Waals surface area contributed by atoms with Crippen LogP contribution in [0.3, 0.4) is 0 Å². The summed E-state index contributed by atoms with van der Waals surface area (Å²) in [4.78, 5) is 29.2. The van der Waals surface area contributed by atoms with Gasteiger partial charge < -0.3 is 9.80 Å². The highest BCUT2D eigenvalue weighted by Gasteiger charge is 2.59. The number of rotatable bonds is 2. The maximum absolute atomic E-state index is 12.9. The summed E-state index contributed by atoms with van der Waals surface area (Å²) in [6, 6.07) is 8.00. The van der Waals surface area contributed by atoms with E-state index in [2.05, 4.69) is 10.2 Å². The maximum atomic E-state index is 12.9. The number of nitrogens with zero attached hydrogens (tertiary/aromatic N) is 4. The average molecular weight is 322 g/mol. The number of carbonyl (C=O) groups excluding carboxylic acids is 2. The molecule has 0 saturated carbocycles. The lowest BCUT2D eigenvalue weighted by Gasteiger charge is -2.40. The third-order valence-corrected chi connectivity index (χ3v) is 4.97. The molecular formula is C18H18N4O2. The van der Waals surface area contributed by atoms with Gasteiger partial charge >= 0.3 is 0 Å². The Labute approximate surface area is 140 Å². The highest BCUT2D eigenvalue weighted by molar-refractivity contribution is 6.01. The summed E-state index contributed by atoms with van der Waals surface area (Å²) in [5, 5.41) is 7.85. The minimum absolute atomic E-state index is 0.0236. The van der Waals surface area contributed by atoms with Crippen molar-refractivity contribution in [1.82, 2.24) is 20.0 Å². The molecule has 1 aromatic heterocycles. The molecule has 0 radical (unpaired) electrons. The van der Waals surface area contributed by atoms with Crippen LogP contribution in [0, 0.1) is 6.92 Å². The molecule has 0 bridgehead atoms. The molecule has 2 aliphatic rings. The SMILES string of the molecule is CCC(=O)N1CCN2C(=O)c3cnncc3C12c1ccc(C)cc1. The van der Waals surface area contributed by atoms with Crippen LogP contribution < -0.4 is 0 Å². The molecule has 0 spiro atoms. The molecule has 1 saturated heterocycles. The van der Waals surface area contributed by atoms with E-state index in [1.807, 2.05) is 43.0 Å². The Morgan fingerprint density at radius 1 is 1.17 bits per heavy atom. The smallest absolute Gasteiger partial charge is 0.258 e. The first kappa shape index (κ1) is 14.8. The molecule has 0 aliphatic carbocycles. The van der Waals surface area contributed by atoms with Crippen LogP contribution in [-0.2, 0) is 10.5 Å². The van der Waals surface area contributed by atoms with Crippen molar-refractivity contribution in [2.45, 2.75) is 25.9 Å². The minimum Gasteiger partial charge on any atom is -0.310 e. The van der Waals surface area contributed by atoms with Crippen molar-refractivity contribution in [3.63, 3.8) is 0 Å². The maximum Gasteiger partial charge on any atom is 0.258 e. The van der Waals surface area contributed by atoms with Crippen LogP contribution >= 0.6 is 0 Å². The fourth-order valence-corrected chi connectivity index (χ4v) is 3.87. The molecule has 4 rings (SSSR count). The number of aromatic nitrogens is 2. The van der Waals surface area contributed by atoms with Crippen LogP contribution in [0.15, 0.2) is 36.7 Å². The highest BCUT2D eigenvalue weighted by Crippen LogP contribution is 2.49. The number of benzene rings is 1. The van der Waals surface area contributed by atoms with Crippen LogP contribution in [0.4, 0.5) is 0 Å². The molecule has 2 amide bonds. The molecule has 1 aromatic carbocycles. The van der Waals surface area contributed by atoms with E-state index < -0.39 is 5.66 Å². The molecule has 122 valence electrons. The Balaban J connectivity index is 2.02. The quantitative estimate of drug-likeness (QED) is 0.844. The first-order chi connectivity index (χ1) is 11.6. The van der Waals surface area contributed by atoms with Crippen LogP contribution in [0.5, 0.6) is 0 Å². The van der Waals surface area contributed by atoms with Gasteiger partial charge in [-0.05, 0) is 6.92 Å². The first-order valence-electron chi connectivity index (χ1n) is 8.11. The zero-order chi connectivity index (χ0) is 16.9. The minimum atomic E-state index is -0.900. The van der Waals surface area contributed by atoms with Crippen molar-refractivity contribution < 1.29 is 9.59 Å².